The highest BCUT2D eigenvalue weighted by molar-refractivity contribution is 9.09. The second kappa shape index (κ2) is 30.5. The first kappa shape index (κ1) is 68.3. The number of alkyl halides is 1. The van der Waals surface area contributed by atoms with Crippen LogP contribution >= 0.6 is 61.8 Å². The number of piperazine rings is 1. The van der Waals surface area contributed by atoms with Crippen molar-refractivity contribution in [3.63, 3.8) is 0 Å². The van der Waals surface area contributed by atoms with E-state index in [2.05, 4.69) is 46.4 Å². The van der Waals surface area contributed by atoms with Gasteiger partial charge in [0.2, 0.25) is 0 Å². The third-order valence-corrected chi connectivity index (χ3v) is 19.7. The topological polar surface area (TPSA) is 252 Å². The molecule has 0 spiro atoms. The van der Waals surface area contributed by atoms with Crippen molar-refractivity contribution in [1.82, 2.24) is 45.1 Å². The summed E-state index contributed by atoms with van der Waals surface area (Å²) in [4.78, 5) is 101. The summed E-state index contributed by atoms with van der Waals surface area (Å²) in [6.45, 7) is 9.48. The number of esters is 2. The first-order valence-electron chi connectivity index (χ1n) is 29.0. The fraction of sp³-hybridized carbons (Fsp3) is 0.492. The molecule has 12 rings (SSSR count). The van der Waals surface area contributed by atoms with Gasteiger partial charge < -0.3 is 57.3 Å². The van der Waals surface area contributed by atoms with E-state index in [0.717, 1.165) is 45.3 Å². The van der Waals surface area contributed by atoms with Crippen molar-refractivity contribution in [2.45, 2.75) is 90.4 Å². The molecule has 2 saturated carbocycles. The Morgan fingerprint density at radius 2 is 1.16 bits per heavy atom. The number of carboxylic acid groups (broad SMARTS) is 2. The first-order valence-corrected chi connectivity index (χ1v) is 32.6. The second-order valence-corrected chi connectivity index (χ2v) is 25.5. The summed E-state index contributed by atoms with van der Waals surface area (Å²) >= 11 is 18.8. The lowest BCUT2D eigenvalue weighted by molar-refractivity contribution is -0.147. The van der Waals surface area contributed by atoms with Crippen LogP contribution in [-0.2, 0) is 28.7 Å². The van der Waals surface area contributed by atoms with Crippen LogP contribution in [0, 0.1) is 42.7 Å². The zero-order valence-corrected chi connectivity index (χ0v) is 53.4. The van der Waals surface area contributed by atoms with Gasteiger partial charge in [-0.25, -0.2) is 37.9 Å². The Bertz CT molecular complexity index is 3370. The van der Waals surface area contributed by atoms with Gasteiger partial charge >= 0.3 is 35.9 Å². The number of aliphatic imine (C=N–C) groups is 2. The summed E-state index contributed by atoms with van der Waals surface area (Å²) in [5, 5.41) is 29.6. The lowest BCUT2D eigenvalue weighted by atomic mass is 9.75. The summed E-state index contributed by atoms with van der Waals surface area (Å²) in [5.41, 5.74) is 2.42. The average Bonchev–Trinajstić information content (AvgIpc) is 2.20. The molecule has 2 aromatic carbocycles. The molecule has 28 heteroatoms. The quantitative estimate of drug-likeness (QED) is 0.0436. The van der Waals surface area contributed by atoms with E-state index in [1.165, 1.54) is 53.4 Å². The van der Waals surface area contributed by atoms with Crippen LogP contribution < -0.4 is 10.6 Å². The van der Waals surface area contributed by atoms with Gasteiger partial charge in [0, 0.05) is 110 Å². The molecule has 89 heavy (non-hydrogen) atoms. The third-order valence-electron chi connectivity index (χ3n) is 16.8. The molecule has 4 amide bonds. The van der Waals surface area contributed by atoms with Crippen molar-refractivity contribution in [1.29, 1.82) is 0 Å². The van der Waals surface area contributed by atoms with Crippen LogP contribution in [0.1, 0.15) is 99.4 Å². The molecule has 4 N–H and O–H groups in total. The van der Waals surface area contributed by atoms with E-state index in [1.54, 1.807) is 38.4 Å². The number of urea groups is 2. The fourth-order valence-electron chi connectivity index (χ4n) is 12.4. The maximum Gasteiger partial charge on any atom is 0.338 e. The number of hydrogen-bond donors (Lipinski definition) is 4. The van der Waals surface area contributed by atoms with Gasteiger partial charge in [0.15, 0.2) is 21.7 Å². The minimum Gasteiger partial charge on any atom is -0.481 e. The van der Waals surface area contributed by atoms with Gasteiger partial charge in [-0.05, 0) is 82.8 Å². The second-order valence-electron chi connectivity index (χ2n) is 22.4. The predicted octanol–water partition coefficient (Wildman–Crippen LogP) is 10.1. The van der Waals surface area contributed by atoms with Crippen LogP contribution in [0.4, 0.5) is 18.4 Å². The maximum atomic E-state index is 14.6. The molecule has 0 radical (unpaired) electrons. The number of halogens is 5. The number of benzene rings is 2. The van der Waals surface area contributed by atoms with Crippen molar-refractivity contribution >= 4 is 109 Å². The number of carbonyl (C=O) groups is 6. The number of amidine groups is 2. The number of hydrogen-bond acceptors (Lipinski definition) is 17. The van der Waals surface area contributed by atoms with E-state index in [-0.39, 0.29) is 85.1 Å². The molecular formula is C61H73BrCl2F2N11O10S2-. The fourth-order valence-corrected chi connectivity index (χ4v) is 14.5. The Morgan fingerprint density at radius 1 is 0.685 bits per heavy atom. The number of nitrogens with one attached hydrogen (secondary N) is 2. The largest absolute Gasteiger partial charge is 0.481 e. The predicted molar refractivity (Wildman–Crippen MR) is 339 cm³/mol. The summed E-state index contributed by atoms with van der Waals surface area (Å²) < 4.78 is 39.2. The highest BCUT2D eigenvalue weighted by Crippen LogP contribution is 2.41. The van der Waals surface area contributed by atoms with Gasteiger partial charge in [0.05, 0.1) is 58.3 Å². The van der Waals surface area contributed by atoms with Crippen molar-refractivity contribution < 1.29 is 57.2 Å². The van der Waals surface area contributed by atoms with Crippen LogP contribution in [-0.4, -0.2) is 182 Å². The number of fused-ring (bicyclic) bond motifs is 2. The van der Waals surface area contributed by atoms with Gasteiger partial charge in [0.1, 0.15) is 23.7 Å². The van der Waals surface area contributed by atoms with Crippen LogP contribution in [0.5, 0.6) is 0 Å². The zero-order chi connectivity index (χ0) is 61.6. The number of aliphatic carboxylic acids is 2. The molecule has 8 heterocycles. The maximum absolute atomic E-state index is 14.6. The van der Waals surface area contributed by atoms with E-state index >= 15 is 0 Å². The highest BCUT2D eigenvalue weighted by atomic mass is 79.9. The zero-order valence-electron chi connectivity index (χ0n) is 48.7. The SMILES string of the molecule is C.CCOC(=O)C1=C(CBr)NC(c2nccs2)=N[C@H]1c1cccc(F)c1Cl.CCOC(=O)C1=C(CN2CCN3C(=O)N(CC4CC(C(=O)O)C4)C[C@@H]3C2)NC(c2nccs2)=N[C@H]1c1cccc(F)c1Cl.O=C(O)C1CC(CN2C[C@@H]3CCCCN3C2=O)C1.[CH3-]. The van der Waals surface area contributed by atoms with Crippen LogP contribution in [0.25, 0.3) is 0 Å². The number of piperidine rings is 1. The molecule has 21 nitrogen and oxygen atoms in total. The molecule has 8 aliphatic rings. The average molecular weight is 1370 g/mol. The minimum absolute atomic E-state index is 0. The lowest BCUT2D eigenvalue weighted by Crippen LogP contribution is -2.53. The van der Waals surface area contributed by atoms with Crippen molar-refractivity contribution in [3.05, 3.63) is 132 Å². The van der Waals surface area contributed by atoms with Crippen molar-refractivity contribution in [3.8, 4) is 0 Å². The molecule has 2 aromatic heterocycles. The van der Waals surface area contributed by atoms with Gasteiger partial charge in [-0.2, -0.15) is 0 Å². The number of carboxylic acids is 2. The van der Waals surface area contributed by atoms with Gasteiger partial charge in [0.25, 0.3) is 0 Å². The molecule has 480 valence electrons. The number of nitrogens with zero attached hydrogens (tertiary/aromatic N) is 9. The number of aromatic nitrogens is 2. The molecule has 6 fully saturated rings. The molecule has 0 bridgehead atoms. The smallest absolute Gasteiger partial charge is 0.338 e. The molecule has 4 aromatic rings. The molecule has 0 unspecified atom stereocenters. The minimum atomic E-state index is -0.917. The molecule has 6 aliphatic heterocycles. The van der Waals surface area contributed by atoms with Crippen molar-refractivity contribution in [2.75, 3.05) is 77.4 Å². The normalized spacial score (nSPS) is 24.5. The monoisotopic (exact) mass is 1370 g/mol. The van der Waals surface area contributed by atoms with E-state index in [9.17, 15) is 42.7 Å². The van der Waals surface area contributed by atoms with E-state index in [4.69, 9.17) is 42.8 Å². The van der Waals surface area contributed by atoms with Crippen LogP contribution in [0.2, 0.25) is 10.0 Å². The molecule has 4 saturated heterocycles. The third kappa shape index (κ3) is 15.3. The number of allylic oxidation sites excluding steroid dienone is 1. The number of rotatable bonds is 17. The Kier molecular flexibility index (Phi) is 23.4. The summed E-state index contributed by atoms with van der Waals surface area (Å²) in [6, 6.07) is 7.72. The first-order chi connectivity index (χ1) is 41.9. The highest BCUT2D eigenvalue weighted by Gasteiger charge is 2.46. The Morgan fingerprint density at radius 3 is 1.61 bits per heavy atom. The number of ether oxygens (including phenoxy) is 2. The van der Waals surface area contributed by atoms with Crippen LogP contribution in [0.15, 0.2) is 92.1 Å². The van der Waals surface area contributed by atoms with E-state index in [1.807, 2.05) is 30.4 Å². The van der Waals surface area contributed by atoms with Gasteiger partial charge in [-0.15, -0.1) is 22.7 Å². The summed E-state index contributed by atoms with van der Waals surface area (Å²) in [6.07, 6.45) is 9.49. The standard InChI is InChI=1S/C29H32ClFN6O5S.C17H14BrClFN3O2S.C13H20N2O3.CH4.CH3/c1-2-42-28(40)22-21(33-25(26-32-6-9-43-26)34-24(22)19-4-3-5-20(31)23(19)30)15-35-7-8-37-18(13-35)14-36(29(37)41)12-16-10-17(11-16)27(38)39;1-2-25-17(24)12-11(8-18)22-15(16-21-6-7-26-16)23-14(12)9-4-3-5-10(20)13(9)19;16-12(17)10-5-9(6-10)7-14-8-11-3-1-2-4-15(11)13(14)18;;/h3-6,9,16-18,24H,2,7-8,10-15H2,1H3,(H,33,34)(H,38,39);3-7,14H,2,8H2,1H3,(H,22,23);9-11H,1-8H2,(H,16,17);1H4;1H3/q;;;;-1/t16?,17?,18-,24-;14-;9?,10?,11-;;/m000../s1. The molecule has 4 atom stereocenters. The molecule has 2 aliphatic carbocycles. The van der Waals surface area contributed by atoms with E-state index < -0.39 is 47.6 Å². The number of carbonyl (C=O) groups excluding carboxylic acids is 4. The van der Waals surface area contributed by atoms with E-state index in [0.29, 0.717) is 114 Å². The number of amides is 4. The Labute approximate surface area is 542 Å². The molecular weight excluding hydrogens is 1300 g/mol. The summed E-state index contributed by atoms with van der Waals surface area (Å²) in [5.74, 6) is -2.66. The summed E-state index contributed by atoms with van der Waals surface area (Å²) in [7, 11) is 0. The van der Waals surface area contributed by atoms with Crippen LogP contribution in [0.3, 0.4) is 0 Å². The lowest BCUT2D eigenvalue weighted by Gasteiger charge is -2.38. The van der Waals surface area contributed by atoms with Gasteiger partial charge in [-0.3, -0.25) is 24.5 Å². The van der Waals surface area contributed by atoms with Crippen molar-refractivity contribution in [2.24, 2.45) is 33.7 Å². The number of thiazole rings is 2. The van der Waals surface area contributed by atoms with Gasteiger partial charge in [-0.1, -0.05) is 70.8 Å². The Balaban J connectivity index is 0.000000189. The Hall–Kier alpha value is -6.58.